The van der Waals surface area contributed by atoms with Crippen molar-refractivity contribution in [3.8, 4) is 0 Å². The van der Waals surface area contributed by atoms with Crippen molar-refractivity contribution in [2.45, 2.75) is 18.9 Å². The number of sulfonamides is 1. The Morgan fingerprint density at radius 3 is 2.88 bits per heavy atom. The van der Waals surface area contributed by atoms with Gasteiger partial charge in [-0.25, -0.2) is 13.4 Å². The lowest BCUT2D eigenvalue weighted by Gasteiger charge is -2.28. The van der Waals surface area contributed by atoms with E-state index >= 15 is 0 Å². The summed E-state index contributed by atoms with van der Waals surface area (Å²) in [6.07, 6.45) is 4.83. The molecule has 0 aromatic carbocycles. The van der Waals surface area contributed by atoms with Crippen LogP contribution < -0.4 is 0 Å². The van der Waals surface area contributed by atoms with Crippen molar-refractivity contribution in [1.29, 1.82) is 0 Å². The normalized spacial score (nSPS) is 23.1. The highest BCUT2D eigenvalue weighted by atomic mass is 32.2. The zero-order valence-corrected chi connectivity index (χ0v) is 10.2. The summed E-state index contributed by atoms with van der Waals surface area (Å²) in [7, 11) is -3.41. The monoisotopic (exact) mass is 241 g/mol. The molecule has 1 unspecified atom stereocenters. The van der Waals surface area contributed by atoms with Crippen molar-refractivity contribution in [3.05, 3.63) is 24.2 Å². The van der Waals surface area contributed by atoms with Crippen LogP contribution in [0.2, 0.25) is 0 Å². The molecule has 16 heavy (non-hydrogen) atoms. The first-order valence-electron chi connectivity index (χ1n) is 5.16. The Hall–Kier alpha value is -1.14. The molecule has 2 heterocycles. The van der Waals surface area contributed by atoms with Gasteiger partial charge in [0.25, 0.3) is 10.0 Å². The van der Waals surface area contributed by atoms with Gasteiger partial charge in [-0.2, -0.15) is 4.31 Å². The molecule has 5 nitrogen and oxygen atoms in total. The summed E-state index contributed by atoms with van der Waals surface area (Å²) in [5.74, 6) is 0.256. The Labute approximate surface area is 95.2 Å². The number of hydrogen-bond acceptors (Lipinski definition) is 3. The average molecular weight is 241 g/mol. The quantitative estimate of drug-likeness (QED) is 0.785. The number of imidazole rings is 1. The van der Waals surface area contributed by atoms with Crippen molar-refractivity contribution in [2.24, 2.45) is 5.92 Å². The summed E-state index contributed by atoms with van der Waals surface area (Å²) in [5.41, 5.74) is 1.09. The molecule has 1 aromatic heterocycles. The fourth-order valence-corrected chi connectivity index (χ4v) is 3.44. The number of H-pyrrole nitrogens is 1. The van der Waals surface area contributed by atoms with E-state index < -0.39 is 10.0 Å². The Balaban J connectivity index is 2.30. The maximum atomic E-state index is 12.2. The SMILES string of the molecule is CC1=CC(C)CN(S(=O)(=O)c2cnc[nH]2)C1. The van der Waals surface area contributed by atoms with Gasteiger partial charge in [0, 0.05) is 13.1 Å². The molecule has 1 aromatic rings. The summed E-state index contributed by atoms with van der Waals surface area (Å²) < 4.78 is 25.8. The fourth-order valence-electron chi connectivity index (χ4n) is 1.96. The first-order valence-corrected chi connectivity index (χ1v) is 6.60. The minimum Gasteiger partial charge on any atom is -0.335 e. The van der Waals surface area contributed by atoms with E-state index in [2.05, 4.69) is 16.0 Å². The van der Waals surface area contributed by atoms with Gasteiger partial charge in [-0.3, -0.25) is 0 Å². The molecule has 2 rings (SSSR count). The molecular formula is C10H15N3O2S. The lowest BCUT2D eigenvalue weighted by atomic mass is 10.1. The van der Waals surface area contributed by atoms with Crippen LogP contribution in [0.25, 0.3) is 0 Å². The van der Waals surface area contributed by atoms with Crippen molar-refractivity contribution >= 4 is 10.0 Å². The molecule has 6 heteroatoms. The maximum absolute atomic E-state index is 12.2. The third-order valence-corrected chi connectivity index (χ3v) is 4.31. The lowest BCUT2D eigenvalue weighted by Crippen LogP contribution is -2.38. The van der Waals surface area contributed by atoms with E-state index in [4.69, 9.17) is 0 Å². The minimum absolute atomic E-state index is 0.161. The van der Waals surface area contributed by atoms with Gasteiger partial charge in [0.2, 0.25) is 0 Å². The molecule has 1 atom stereocenters. The number of rotatable bonds is 2. The van der Waals surface area contributed by atoms with Gasteiger partial charge >= 0.3 is 0 Å². The Kier molecular flexibility index (Phi) is 2.86. The number of hydrogen-bond donors (Lipinski definition) is 1. The van der Waals surface area contributed by atoms with E-state index in [0.717, 1.165) is 5.57 Å². The third-order valence-electron chi connectivity index (χ3n) is 2.58. The van der Waals surface area contributed by atoms with Crippen molar-refractivity contribution in [1.82, 2.24) is 14.3 Å². The summed E-state index contributed by atoms with van der Waals surface area (Å²) in [6, 6.07) is 0. The Morgan fingerprint density at radius 1 is 1.56 bits per heavy atom. The molecule has 0 radical (unpaired) electrons. The van der Waals surface area contributed by atoms with Crippen LogP contribution >= 0.6 is 0 Å². The van der Waals surface area contributed by atoms with E-state index in [0.29, 0.717) is 13.1 Å². The summed E-state index contributed by atoms with van der Waals surface area (Å²) in [5, 5.41) is 0.161. The second-order valence-corrected chi connectivity index (χ2v) is 6.11. The van der Waals surface area contributed by atoms with Crippen molar-refractivity contribution in [2.75, 3.05) is 13.1 Å². The molecule has 0 aliphatic carbocycles. The van der Waals surface area contributed by atoms with Crippen LogP contribution in [0.1, 0.15) is 13.8 Å². The van der Waals surface area contributed by atoms with Crippen LogP contribution in [-0.4, -0.2) is 35.8 Å². The highest BCUT2D eigenvalue weighted by Gasteiger charge is 2.29. The minimum atomic E-state index is -3.41. The lowest BCUT2D eigenvalue weighted by molar-refractivity contribution is 0.383. The number of aromatic nitrogens is 2. The van der Waals surface area contributed by atoms with Gasteiger partial charge in [0.05, 0.1) is 12.5 Å². The van der Waals surface area contributed by atoms with Crippen molar-refractivity contribution < 1.29 is 8.42 Å². The van der Waals surface area contributed by atoms with Crippen LogP contribution in [0.5, 0.6) is 0 Å². The summed E-state index contributed by atoms with van der Waals surface area (Å²) >= 11 is 0. The van der Waals surface area contributed by atoms with Gasteiger partial charge in [0.1, 0.15) is 0 Å². The largest absolute Gasteiger partial charge is 0.335 e. The van der Waals surface area contributed by atoms with E-state index in [1.54, 1.807) is 0 Å². The number of nitrogens with zero attached hydrogens (tertiary/aromatic N) is 2. The fraction of sp³-hybridized carbons (Fsp3) is 0.500. The Bertz CT molecular complexity index is 490. The molecule has 1 aliphatic rings. The second kappa shape index (κ2) is 4.03. The smallest absolute Gasteiger partial charge is 0.260 e. The highest BCUT2D eigenvalue weighted by Crippen LogP contribution is 2.21. The van der Waals surface area contributed by atoms with Crippen LogP contribution in [0.3, 0.4) is 0 Å². The number of aromatic amines is 1. The van der Waals surface area contributed by atoms with Gasteiger partial charge < -0.3 is 4.98 Å². The summed E-state index contributed by atoms with van der Waals surface area (Å²) in [6.45, 7) is 4.95. The van der Waals surface area contributed by atoms with E-state index in [1.165, 1.54) is 16.8 Å². The van der Waals surface area contributed by atoms with Crippen LogP contribution in [0.4, 0.5) is 0 Å². The molecule has 0 saturated carbocycles. The van der Waals surface area contributed by atoms with Crippen LogP contribution in [0, 0.1) is 5.92 Å². The maximum Gasteiger partial charge on any atom is 0.260 e. The molecule has 1 N–H and O–H groups in total. The molecule has 88 valence electrons. The van der Waals surface area contributed by atoms with Gasteiger partial charge in [-0.1, -0.05) is 18.6 Å². The first kappa shape index (κ1) is 11.3. The molecule has 0 fully saturated rings. The molecule has 0 bridgehead atoms. The predicted octanol–water partition coefficient (Wildman–Crippen LogP) is 0.996. The molecule has 1 aliphatic heterocycles. The standard InChI is InChI=1S/C10H15N3O2S/c1-8-3-9(2)6-13(5-8)16(14,15)10-4-11-7-12-10/h3-4,7-8H,5-6H2,1-2H3,(H,11,12). The zero-order chi connectivity index (χ0) is 11.8. The highest BCUT2D eigenvalue weighted by molar-refractivity contribution is 7.89. The van der Waals surface area contributed by atoms with Gasteiger partial charge in [-0.15, -0.1) is 0 Å². The first-order chi connectivity index (χ1) is 7.50. The van der Waals surface area contributed by atoms with E-state index in [1.807, 2.05) is 13.8 Å². The van der Waals surface area contributed by atoms with E-state index in [9.17, 15) is 8.42 Å². The Morgan fingerprint density at radius 2 is 2.31 bits per heavy atom. The molecular weight excluding hydrogens is 226 g/mol. The third kappa shape index (κ3) is 2.03. The molecule has 0 spiro atoms. The molecule has 0 saturated heterocycles. The van der Waals surface area contributed by atoms with E-state index in [-0.39, 0.29) is 10.9 Å². The number of nitrogens with one attached hydrogen (secondary N) is 1. The summed E-state index contributed by atoms with van der Waals surface area (Å²) in [4.78, 5) is 6.39. The van der Waals surface area contributed by atoms with Crippen LogP contribution in [-0.2, 0) is 10.0 Å². The predicted molar refractivity (Wildman–Crippen MR) is 60.3 cm³/mol. The van der Waals surface area contributed by atoms with Crippen LogP contribution in [0.15, 0.2) is 29.2 Å². The zero-order valence-electron chi connectivity index (χ0n) is 9.34. The second-order valence-electron chi connectivity index (χ2n) is 4.20. The van der Waals surface area contributed by atoms with Crippen molar-refractivity contribution in [3.63, 3.8) is 0 Å². The molecule has 0 amide bonds. The topological polar surface area (TPSA) is 66.1 Å². The van der Waals surface area contributed by atoms with Gasteiger partial charge in [-0.05, 0) is 12.8 Å². The average Bonchev–Trinajstić information content (AvgIpc) is 2.69. The van der Waals surface area contributed by atoms with Gasteiger partial charge in [0.15, 0.2) is 5.03 Å².